The van der Waals surface area contributed by atoms with Crippen LogP contribution in [-0.2, 0) is 0 Å². The van der Waals surface area contributed by atoms with Crippen LogP contribution in [0.1, 0.15) is 66.8 Å². The molecule has 0 aliphatic heterocycles. The second-order valence-corrected chi connectivity index (χ2v) is 5.84. The summed E-state index contributed by atoms with van der Waals surface area (Å²) >= 11 is 0. The summed E-state index contributed by atoms with van der Waals surface area (Å²) in [5.41, 5.74) is 0.248. The molecule has 1 aliphatic carbocycles. The Bertz CT molecular complexity index is 534. The highest BCUT2D eigenvalue weighted by molar-refractivity contribution is 6.02. The lowest BCUT2D eigenvalue weighted by atomic mass is 9.83. The Morgan fingerprint density at radius 1 is 1.29 bits per heavy atom. The average molecular weight is 302 g/mol. The van der Waals surface area contributed by atoms with Crippen molar-refractivity contribution >= 4 is 5.78 Å². The molecule has 118 valence electrons. The Balaban J connectivity index is 2.41. The fraction of sp³-hybridized carbons (Fsp3) is 0.733. The average Bonchev–Trinajstić information content (AvgIpc) is 2.72. The maximum atomic E-state index is 12.7. The Morgan fingerprint density at radius 3 is 2.48 bits per heavy atom. The number of ketones is 1. The van der Waals surface area contributed by atoms with E-state index in [4.69, 9.17) is 0 Å². The van der Waals surface area contributed by atoms with Gasteiger partial charge in [0.15, 0.2) is 0 Å². The molecule has 1 aromatic heterocycles. The Hall–Kier alpha value is -1.33. The van der Waals surface area contributed by atoms with Gasteiger partial charge in [-0.2, -0.15) is 18.3 Å². The van der Waals surface area contributed by atoms with Gasteiger partial charge in [0, 0.05) is 5.69 Å². The number of aromatic nitrogens is 2. The van der Waals surface area contributed by atoms with Crippen molar-refractivity contribution in [3.05, 3.63) is 17.0 Å². The number of alkyl halides is 3. The third-order valence-corrected chi connectivity index (χ3v) is 4.52. The van der Waals surface area contributed by atoms with E-state index in [0.717, 1.165) is 32.1 Å². The molecule has 2 atom stereocenters. The van der Waals surface area contributed by atoms with Gasteiger partial charge in [-0.3, -0.25) is 9.48 Å². The molecule has 1 aliphatic rings. The number of carbonyl (C=O) groups is 1. The largest absolute Gasteiger partial charge is 0.455 e. The SMILES string of the molecule is CCC1CCCCC1n1nc(C)c(C(=O)C(F)(F)F)c1C. The van der Waals surface area contributed by atoms with Crippen LogP contribution in [0, 0.1) is 19.8 Å². The molecule has 1 fully saturated rings. The summed E-state index contributed by atoms with van der Waals surface area (Å²) in [4.78, 5) is 11.6. The first-order chi connectivity index (χ1) is 9.77. The van der Waals surface area contributed by atoms with Gasteiger partial charge in [0.05, 0.1) is 17.3 Å². The van der Waals surface area contributed by atoms with E-state index in [0.29, 0.717) is 11.6 Å². The molecule has 0 amide bonds. The number of hydrogen-bond donors (Lipinski definition) is 0. The molecular weight excluding hydrogens is 281 g/mol. The van der Waals surface area contributed by atoms with Gasteiger partial charge in [0.2, 0.25) is 0 Å². The molecule has 21 heavy (non-hydrogen) atoms. The summed E-state index contributed by atoms with van der Waals surface area (Å²) < 4.78 is 39.8. The first kappa shape index (κ1) is 16.0. The zero-order chi connectivity index (χ0) is 15.8. The van der Waals surface area contributed by atoms with E-state index < -0.39 is 12.0 Å². The summed E-state index contributed by atoms with van der Waals surface area (Å²) in [6, 6.07) is 0.109. The van der Waals surface area contributed by atoms with Gasteiger partial charge in [-0.05, 0) is 32.6 Å². The van der Waals surface area contributed by atoms with E-state index in [1.165, 1.54) is 6.92 Å². The van der Waals surface area contributed by atoms with Gasteiger partial charge in [-0.15, -0.1) is 0 Å². The van der Waals surface area contributed by atoms with E-state index in [1.807, 2.05) is 0 Å². The van der Waals surface area contributed by atoms with E-state index in [-0.39, 0.29) is 17.3 Å². The summed E-state index contributed by atoms with van der Waals surface area (Å²) in [7, 11) is 0. The zero-order valence-electron chi connectivity index (χ0n) is 12.6. The molecule has 2 unspecified atom stereocenters. The molecule has 0 spiro atoms. The number of carbonyl (C=O) groups excluding carboxylic acids is 1. The van der Waals surface area contributed by atoms with E-state index in [2.05, 4.69) is 12.0 Å². The second-order valence-electron chi connectivity index (χ2n) is 5.84. The molecule has 1 aromatic rings. The topological polar surface area (TPSA) is 34.9 Å². The summed E-state index contributed by atoms with van der Waals surface area (Å²) in [6.45, 7) is 5.14. The van der Waals surface area contributed by atoms with Gasteiger partial charge in [-0.25, -0.2) is 0 Å². The van der Waals surface area contributed by atoms with Gasteiger partial charge in [-0.1, -0.05) is 26.2 Å². The van der Waals surface area contributed by atoms with Crippen molar-refractivity contribution in [2.45, 2.75) is 65.1 Å². The minimum Gasteiger partial charge on any atom is -0.284 e. The van der Waals surface area contributed by atoms with Crippen molar-refractivity contribution in [3.8, 4) is 0 Å². The predicted octanol–water partition coefficient (Wildman–Crippen LogP) is 4.39. The third kappa shape index (κ3) is 2.99. The van der Waals surface area contributed by atoms with Crippen molar-refractivity contribution in [1.29, 1.82) is 0 Å². The predicted molar refractivity (Wildman–Crippen MR) is 73.4 cm³/mol. The van der Waals surface area contributed by atoms with Crippen LogP contribution in [0.4, 0.5) is 13.2 Å². The molecule has 0 aromatic carbocycles. The van der Waals surface area contributed by atoms with Crippen LogP contribution in [0.3, 0.4) is 0 Å². The molecular formula is C15H21F3N2O. The summed E-state index contributed by atoms with van der Waals surface area (Å²) in [6.07, 6.45) is 0.332. The van der Waals surface area contributed by atoms with Crippen molar-refractivity contribution in [1.82, 2.24) is 9.78 Å². The highest BCUT2D eigenvalue weighted by Crippen LogP contribution is 2.37. The van der Waals surface area contributed by atoms with Crippen LogP contribution in [0.5, 0.6) is 0 Å². The molecule has 3 nitrogen and oxygen atoms in total. The molecule has 0 N–H and O–H groups in total. The lowest BCUT2D eigenvalue weighted by Crippen LogP contribution is -2.26. The fourth-order valence-electron chi connectivity index (χ4n) is 3.44. The number of hydrogen-bond acceptors (Lipinski definition) is 2. The smallest absolute Gasteiger partial charge is 0.284 e. The number of rotatable bonds is 3. The van der Waals surface area contributed by atoms with Crippen LogP contribution in [0.15, 0.2) is 0 Å². The number of nitrogens with zero attached hydrogens (tertiary/aromatic N) is 2. The van der Waals surface area contributed by atoms with Gasteiger partial charge < -0.3 is 0 Å². The fourth-order valence-corrected chi connectivity index (χ4v) is 3.44. The molecule has 2 rings (SSSR count). The number of Topliss-reactive ketones (excluding diaryl/α,β-unsaturated/α-hetero) is 1. The maximum Gasteiger partial charge on any atom is 0.455 e. The first-order valence-electron chi connectivity index (χ1n) is 7.44. The van der Waals surface area contributed by atoms with Crippen LogP contribution < -0.4 is 0 Å². The lowest BCUT2D eigenvalue weighted by molar-refractivity contribution is -0.0886. The third-order valence-electron chi connectivity index (χ3n) is 4.52. The van der Waals surface area contributed by atoms with E-state index >= 15 is 0 Å². The lowest BCUT2D eigenvalue weighted by Gasteiger charge is -2.32. The number of halogens is 3. The first-order valence-corrected chi connectivity index (χ1v) is 7.44. The van der Waals surface area contributed by atoms with Crippen LogP contribution >= 0.6 is 0 Å². The second kappa shape index (κ2) is 5.81. The normalized spacial score (nSPS) is 23.3. The van der Waals surface area contributed by atoms with Crippen LogP contribution in [-0.4, -0.2) is 21.7 Å². The van der Waals surface area contributed by atoms with E-state index in [9.17, 15) is 18.0 Å². The monoisotopic (exact) mass is 302 g/mol. The molecule has 0 radical (unpaired) electrons. The van der Waals surface area contributed by atoms with Gasteiger partial charge >= 0.3 is 6.18 Å². The molecule has 6 heteroatoms. The van der Waals surface area contributed by atoms with Crippen LogP contribution in [0.25, 0.3) is 0 Å². The minimum absolute atomic E-state index is 0.109. The quantitative estimate of drug-likeness (QED) is 0.776. The standard InChI is InChI=1S/C15H21F3N2O/c1-4-11-7-5-6-8-12(11)20-10(3)13(9(2)19-20)14(21)15(16,17)18/h11-12H,4-8H2,1-3H3. The zero-order valence-corrected chi connectivity index (χ0v) is 12.6. The van der Waals surface area contributed by atoms with E-state index in [1.54, 1.807) is 11.6 Å². The van der Waals surface area contributed by atoms with Gasteiger partial charge in [0.25, 0.3) is 5.78 Å². The minimum atomic E-state index is -4.85. The van der Waals surface area contributed by atoms with Crippen molar-refractivity contribution < 1.29 is 18.0 Å². The Morgan fingerprint density at radius 2 is 1.90 bits per heavy atom. The van der Waals surface area contributed by atoms with Crippen molar-refractivity contribution in [2.75, 3.05) is 0 Å². The van der Waals surface area contributed by atoms with Crippen molar-refractivity contribution in [3.63, 3.8) is 0 Å². The van der Waals surface area contributed by atoms with Gasteiger partial charge in [0.1, 0.15) is 0 Å². The van der Waals surface area contributed by atoms with Crippen molar-refractivity contribution in [2.24, 2.45) is 5.92 Å². The Kier molecular flexibility index (Phi) is 4.44. The Labute approximate surface area is 122 Å². The van der Waals surface area contributed by atoms with Crippen LogP contribution in [0.2, 0.25) is 0 Å². The maximum absolute atomic E-state index is 12.7. The molecule has 0 bridgehead atoms. The number of aryl methyl sites for hydroxylation is 1. The molecule has 0 saturated heterocycles. The highest BCUT2D eigenvalue weighted by Gasteiger charge is 2.42. The molecule has 1 saturated carbocycles. The summed E-state index contributed by atoms with van der Waals surface area (Å²) in [5, 5.41) is 4.26. The highest BCUT2D eigenvalue weighted by atomic mass is 19.4. The molecule has 1 heterocycles. The summed E-state index contributed by atoms with van der Waals surface area (Å²) in [5.74, 6) is -1.36.